The highest BCUT2D eigenvalue weighted by molar-refractivity contribution is 7.13. The summed E-state index contributed by atoms with van der Waals surface area (Å²) in [6.07, 6.45) is -1.85. The molecule has 3 aliphatic heterocycles. The predicted octanol–water partition coefficient (Wildman–Crippen LogP) is 6.28. The Kier molecular flexibility index (Phi) is 20.7. The average molecular weight is 1220 g/mol. The number of pyridine rings is 1. The number of nitrogens with zero attached hydrogens (tertiary/aromatic N) is 8. The molecule has 2 aromatic carbocycles. The lowest BCUT2D eigenvalue weighted by Gasteiger charge is -2.44. The molecule has 3 saturated heterocycles. The zero-order valence-electron chi connectivity index (χ0n) is 49.8. The molecule has 3 fully saturated rings. The van der Waals surface area contributed by atoms with E-state index in [-0.39, 0.29) is 91.8 Å². The normalized spacial score (nSPS) is 19.7. The van der Waals surface area contributed by atoms with Crippen LogP contribution in [0.15, 0.2) is 71.4 Å². The molecule has 26 heteroatoms. The van der Waals surface area contributed by atoms with Crippen molar-refractivity contribution in [3.8, 4) is 21.6 Å². The molecule has 3 aromatic heterocycles. The number of nitrogens with one attached hydrogen (secondary N) is 4. The lowest BCUT2D eigenvalue weighted by molar-refractivity contribution is -0.144. The van der Waals surface area contributed by atoms with Crippen molar-refractivity contribution in [1.29, 1.82) is 0 Å². The van der Waals surface area contributed by atoms with Crippen LogP contribution in [0.2, 0.25) is 0 Å². The molecule has 8 rings (SSSR count). The molecular formula is C60H76F4N12O9S. The third-order valence-corrected chi connectivity index (χ3v) is 17.0. The Hall–Kier alpha value is -7.39. The van der Waals surface area contributed by atoms with Crippen molar-refractivity contribution in [3.05, 3.63) is 105 Å². The molecular weight excluding hydrogens is 1140 g/mol. The summed E-state index contributed by atoms with van der Waals surface area (Å²) in [6.45, 7) is 17.3. The van der Waals surface area contributed by atoms with Gasteiger partial charge in [-0.1, -0.05) is 52.0 Å². The Balaban J connectivity index is 0.773. The number of carbonyl (C=O) groups is 5. The first-order valence-electron chi connectivity index (χ1n) is 28.7. The van der Waals surface area contributed by atoms with Crippen molar-refractivity contribution in [1.82, 2.24) is 45.3 Å². The maximum absolute atomic E-state index is 16.2. The lowest BCUT2D eigenvalue weighted by Crippen LogP contribution is -2.58. The summed E-state index contributed by atoms with van der Waals surface area (Å²) in [6, 6.07) is 8.38. The number of aromatic amines is 1. The topological polar surface area (TPSA) is 248 Å². The van der Waals surface area contributed by atoms with E-state index in [1.807, 2.05) is 75.7 Å². The molecule has 3 aliphatic rings. The van der Waals surface area contributed by atoms with Gasteiger partial charge in [0, 0.05) is 113 Å². The van der Waals surface area contributed by atoms with Gasteiger partial charge in [-0.05, 0) is 75.8 Å². The number of likely N-dealkylation sites (tertiary alicyclic amines) is 1. The minimum absolute atomic E-state index is 0.0136. The van der Waals surface area contributed by atoms with E-state index in [4.69, 9.17) is 9.47 Å². The Morgan fingerprint density at radius 3 is 2.17 bits per heavy atom. The van der Waals surface area contributed by atoms with Crippen molar-refractivity contribution < 1.29 is 56.1 Å². The molecule has 1 unspecified atom stereocenters. The number of thiazole rings is 1. The molecule has 0 saturated carbocycles. The molecule has 21 nitrogen and oxygen atoms in total. The minimum atomic E-state index is -5.01. The lowest BCUT2D eigenvalue weighted by atomic mass is 9.85. The van der Waals surface area contributed by atoms with Gasteiger partial charge in [-0.3, -0.25) is 33.7 Å². The van der Waals surface area contributed by atoms with Gasteiger partial charge >= 0.3 is 6.18 Å². The smallest absolute Gasteiger partial charge is 0.391 e. The first-order chi connectivity index (χ1) is 40.7. The van der Waals surface area contributed by atoms with Gasteiger partial charge < -0.3 is 55.1 Å². The summed E-state index contributed by atoms with van der Waals surface area (Å²) in [7, 11) is 1.96. The van der Waals surface area contributed by atoms with Crippen molar-refractivity contribution in [2.75, 3.05) is 94.4 Å². The van der Waals surface area contributed by atoms with Gasteiger partial charge in [-0.15, -0.1) is 11.3 Å². The Morgan fingerprint density at radius 1 is 0.872 bits per heavy atom. The first kappa shape index (κ1) is 64.6. The third-order valence-electron chi connectivity index (χ3n) is 16.0. The quantitative estimate of drug-likeness (QED) is 0.0425. The summed E-state index contributed by atoms with van der Waals surface area (Å²) in [4.78, 5) is 105. The number of piperazine rings is 2. The molecule has 5 aromatic rings. The van der Waals surface area contributed by atoms with E-state index in [0.717, 1.165) is 21.7 Å². The number of alkyl halides is 3. The van der Waals surface area contributed by atoms with Crippen LogP contribution in [0.5, 0.6) is 0 Å². The van der Waals surface area contributed by atoms with Gasteiger partial charge in [0.1, 0.15) is 31.1 Å². The molecule has 6 heterocycles. The standard InChI is InChI=1S/C60H76F4N12O9S/c1-34(30-85-31-51(79)71-54(59(6,7)8)57(83)76-29-42(77)20-49(76)56(82)69-37(4)39-10-12-40(13-11-39)53-38(5)68-33-86-53)14-19-84-32-52(80)73-15-17-74(18-16-73)58-66-24-41(25-67-58)43-21-47(48(23-46(43)61)75-27-35(2)72(9)36(3)28-75)70-55(81)44-26-65-50(78)22-45(44)60(62,63)64/h10-13,21-26,33-37,42,49,54,77H,14-20,27-32H2,1-9H3,(H,65,78)(H,69,82)(H,70,81)(H,71,79)/t34?,35-,36+,37-,42+,49-,54+/m0/s1. The number of carbonyl (C=O) groups excluding carboxylic acids is 5. The molecule has 86 heavy (non-hydrogen) atoms. The molecule has 0 bridgehead atoms. The number of β-amino-alcohol motifs (C(OH)–C–C–N with tert-alkyl or cyclic N) is 1. The molecule has 0 radical (unpaired) electrons. The van der Waals surface area contributed by atoms with Crippen LogP contribution in [-0.2, 0) is 34.8 Å². The maximum Gasteiger partial charge on any atom is 0.417 e. The Labute approximate surface area is 500 Å². The fourth-order valence-electron chi connectivity index (χ4n) is 10.8. The van der Waals surface area contributed by atoms with E-state index >= 15 is 4.39 Å². The molecule has 5 amide bonds. The number of ether oxygens (including phenoxy) is 2. The second-order valence-electron chi connectivity index (χ2n) is 23.7. The van der Waals surface area contributed by atoms with E-state index in [1.54, 1.807) is 42.5 Å². The van der Waals surface area contributed by atoms with Crippen molar-refractivity contribution in [2.24, 2.45) is 11.3 Å². The second-order valence-corrected chi connectivity index (χ2v) is 24.5. The number of aryl methyl sites for hydroxylation is 1. The number of benzene rings is 2. The highest BCUT2D eigenvalue weighted by Gasteiger charge is 2.45. The van der Waals surface area contributed by atoms with Gasteiger partial charge in [0.05, 0.1) is 50.7 Å². The zero-order chi connectivity index (χ0) is 62.4. The number of anilines is 3. The van der Waals surface area contributed by atoms with Crippen LogP contribution < -0.4 is 31.3 Å². The van der Waals surface area contributed by atoms with E-state index in [9.17, 15) is 47.0 Å². The van der Waals surface area contributed by atoms with E-state index in [2.05, 4.69) is 40.8 Å². The second kappa shape index (κ2) is 27.5. The van der Waals surface area contributed by atoms with Gasteiger partial charge in [0.2, 0.25) is 35.1 Å². The van der Waals surface area contributed by atoms with Crippen LogP contribution >= 0.6 is 11.3 Å². The Morgan fingerprint density at radius 2 is 1.55 bits per heavy atom. The number of hydrogen-bond donors (Lipinski definition) is 5. The monoisotopic (exact) mass is 1220 g/mol. The van der Waals surface area contributed by atoms with Crippen molar-refractivity contribution >= 4 is 58.2 Å². The molecule has 5 N–H and O–H groups in total. The number of aromatic nitrogens is 4. The maximum atomic E-state index is 16.2. The molecule has 0 spiro atoms. The fourth-order valence-corrected chi connectivity index (χ4v) is 11.6. The first-order valence-corrected chi connectivity index (χ1v) is 29.6. The van der Waals surface area contributed by atoms with E-state index in [0.29, 0.717) is 63.9 Å². The summed E-state index contributed by atoms with van der Waals surface area (Å²) in [5.74, 6) is -3.21. The number of hydrogen-bond acceptors (Lipinski definition) is 16. The highest BCUT2D eigenvalue weighted by Crippen LogP contribution is 2.38. The van der Waals surface area contributed by atoms with Gasteiger partial charge in [-0.2, -0.15) is 13.2 Å². The average Bonchev–Trinajstić information content (AvgIpc) is 1.19. The molecule has 0 aliphatic carbocycles. The van der Waals surface area contributed by atoms with Gasteiger partial charge in [0.25, 0.3) is 5.91 Å². The van der Waals surface area contributed by atoms with Crippen LogP contribution in [0.3, 0.4) is 0 Å². The number of H-pyrrole nitrogens is 1. The third kappa shape index (κ3) is 15.8. The minimum Gasteiger partial charge on any atom is -0.391 e. The molecule has 7 atom stereocenters. The van der Waals surface area contributed by atoms with Crippen LogP contribution in [0.1, 0.15) is 94.5 Å². The number of amides is 5. The van der Waals surface area contributed by atoms with Crippen LogP contribution in [-0.4, -0.2) is 179 Å². The van der Waals surface area contributed by atoms with E-state index in [1.165, 1.54) is 29.4 Å². The van der Waals surface area contributed by atoms with Crippen molar-refractivity contribution in [3.63, 3.8) is 0 Å². The SMILES string of the molecule is Cc1ncsc1-c1ccc([C@H](C)NC(=O)[C@@H]2C[C@@H](O)CN2C(=O)[C@@H](NC(=O)COCC(C)CCOCC(=O)N2CCN(c3ncc(-c4cc(NC(=O)c5c[nH]c(=O)cc5C(F)(F)F)c(N5C[C@@H](C)N(C)[C@@H](C)C5)cc4F)cn3)CC2)C(C)(C)C)cc1. The fraction of sp³-hybridized carbons (Fsp3) is 0.517. The van der Waals surface area contributed by atoms with Gasteiger partial charge in [-0.25, -0.2) is 19.3 Å². The van der Waals surface area contributed by atoms with E-state index < -0.39 is 75.9 Å². The van der Waals surface area contributed by atoms with Crippen molar-refractivity contribution in [2.45, 2.75) is 111 Å². The van der Waals surface area contributed by atoms with Crippen LogP contribution in [0.25, 0.3) is 21.6 Å². The Bertz CT molecular complexity index is 3270. The zero-order valence-corrected chi connectivity index (χ0v) is 50.6. The molecule has 464 valence electrons. The number of rotatable bonds is 20. The number of halogens is 4. The number of aliphatic hydroxyl groups is 1. The predicted molar refractivity (Wildman–Crippen MR) is 317 cm³/mol. The highest BCUT2D eigenvalue weighted by atomic mass is 32.1. The van der Waals surface area contributed by atoms with Crippen LogP contribution in [0.4, 0.5) is 34.9 Å². The van der Waals surface area contributed by atoms with Crippen LogP contribution in [0, 0.1) is 24.1 Å². The van der Waals surface area contributed by atoms with Gasteiger partial charge in [0.15, 0.2) is 0 Å². The summed E-state index contributed by atoms with van der Waals surface area (Å²) < 4.78 is 69.7. The summed E-state index contributed by atoms with van der Waals surface area (Å²) in [5.41, 5.74) is 1.10. The number of aliphatic hydroxyl groups excluding tert-OH is 1. The summed E-state index contributed by atoms with van der Waals surface area (Å²) >= 11 is 1.55. The largest absolute Gasteiger partial charge is 0.417 e. The number of likely N-dealkylation sites (N-methyl/N-ethyl adjacent to an activating group) is 1. The summed E-state index contributed by atoms with van der Waals surface area (Å²) in [5, 5.41) is 19.1.